The van der Waals surface area contributed by atoms with E-state index in [0.717, 1.165) is 0 Å². The van der Waals surface area contributed by atoms with E-state index in [-0.39, 0.29) is 23.1 Å². The molecule has 0 bridgehead atoms. The number of nitrogens with two attached hydrogens (primary N) is 2. The lowest BCUT2D eigenvalue weighted by Crippen LogP contribution is -2.34. The lowest BCUT2D eigenvalue weighted by molar-refractivity contribution is 0.569. The number of rotatable bonds is 2. The van der Waals surface area contributed by atoms with E-state index in [1.165, 1.54) is 0 Å². The summed E-state index contributed by atoms with van der Waals surface area (Å²) in [5.74, 6) is 0. The van der Waals surface area contributed by atoms with Crippen molar-refractivity contribution in [3.05, 3.63) is 18.7 Å². The van der Waals surface area contributed by atoms with Gasteiger partial charge in [0.05, 0.1) is 19.0 Å². The summed E-state index contributed by atoms with van der Waals surface area (Å²) < 4.78 is 1.84. The van der Waals surface area contributed by atoms with Crippen LogP contribution in [0, 0.1) is 0 Å². The van der Waals surface area contributed by atoms with Crippen LogP contribution >= 0.6 is 17.0 Å². The van der Waals surface area contributed by atoms with Gasteiger partial charge in [0.15, 0.2) is 0 Å². The normalized spacial score (nSPS) is 9.50. The first-order chi connectivity index (χ1) is 4.29. The second-order valence-corrected chi connectivity index (χ2v) is 1.92. The third kappa shape index (κ3) is 2.95. The second kappa shape index (κ2) is 4.43. The Morgan fingerprint density at radius 2 is 2.20 bits per heavy atom. The van der Waals surface area contributed by atoms with E-state index >= 15 is 0 Å². The maximum absolute atomic E-state index is 5.31. The van der Waals surface area contributed by atoms with Crippen LogP contribution in [0.25, 0.3) is 0 Å². The zero-order valence-electron chi connectivity index (χ0n) is 5.47. The molecule has 0 amide bonds. The van der Waals surface area contributed by atoms with E-state index in [0.29, 0.717) is 6.54 Å². The van der Waals surface area contributed by atoms with E-state index in [4.69, 9.17) is 11.5 Å². The summed E-state index contributed by atoms with van der Waals surface area (Å²) in [6, 6.07) is 0. The van der Waals surface area contributed by atoms with Gasteiger partial charge in [0.2, 0.25) is 0 Å². The number of hydrogen-bond donors (Lipinski definition) is 2. The second-order valence-electron chi connectivity index (χ2n) is 1.92. The SMILES string of the molecule is Br.NC(N)Cn1ccnc1. The van der Waals surface area contributed by atoms with Gasteiger partial charge in [-0.05, 0) is 0 Å². The van der Waals surface area contributed by atoms with Crippen LogP contribution in [0.5, 0.6) is 0 Å². The van der Waals surface area contributed by atoms with Crippen LogP contribution in [0.2, 0.25) is 0 Å². The molecular weight excluding hydrogens is 196 g/mol. The molecule has 10 heavy (non-hydrogen) atoms. The Balaban J connectivity index is 0.000000810. The zero-order valence-corrected chi connectivity index (χ0v) is 7.19. The maximum Gasteiger partial charge on any atom is 0.0946 e. The highest BCUT2D eigenvalue weighted by molar-refractivity contribution is 8.93. The average Bonchev–Trinajstić information content (AvgIpc) is 2.15. The summed E-state index contributed by atoms with van der Waals surface area (Å²) in [6.07, 6.45) is 4.92. The molecule has 0 unspecified atom stereocenters. The van der Waals surface area contributed by atoms with Crippen molar-refractivity contribution in [2.45, 2.75) is 12.7 Å². The molecule has 0 aliphatic carbocycles. The highest BCUT2D eigenvalue weighted by Crippen LogP contribution is 1.83. The molecule has 0 saturated carbocycles. The number of aromatic nitrogens is 2. The molecule has 1 aromatic heterocycles. The lowest BCUT2D eigenvalue weighted by atomic mass is 10.5. The summed E-state index contributed by atoms with van der Waals surface area (Å²) >= 11 is 0. The van der Waals surface area contributed by atoms with Crippen molar-refractivity contribution in [3.63, 3.8) is 0 Å². The highest BCUT2D eigenvalue weighted by atomic mass is 79.9. The minimum absolute atomic E-state index is 0. The lowest BCUT2D eigenvalue weighted by Gasteiger charge is -2.03. The molecule has 0 radical (unpaired) electrons. The van der Waals surface area contributed by atoms with Crippen molar-refractivity contribution in [2.75, 3.05) is 0 Å². The van der Waals surface area contributed by atoms with Crippen molar-refractivity contribution in [3.8, 4) is 0 Å². The van der Waals surface area contributed by atoms with Gasteiger partial charge in [-0.25, -0.2) is 4.98 Å². The minimum atomic E-state index is -0.292. The van der Waals surface area contributed by atoms with E-state index < -0.39 is 0 Å². The third-order valence-corrected chi connectivity index (χ3v) is 0.981. The fraction of sp³-hybridized carbons (Fsp3) is 0.400. The summed E-state index contributed by atoms with van der Waals surface area (Å²) in [5, 5.41) is 0. The topological polar surface area (TPSA) is 69.9 Å². The van der Waals surface area contributed by atoms with Crippen molar-refractivity contribution in [1.29, 1.82) is 0 Å². The van der Waals surface area contributed by atoms with Crippen molar-refractivity contribution in [2.24, 2.45) is 11.5 Å². The van der Waals surface area contributed by atoms with Crippen LogP contribution < -0.4 is 11.5 Å². The molecule has 1 heterocycles. The fourth-order valence-corrected chi connectivity index (χ4v) is 0.638. The van der Waals surface area contributed by atoms with Crippen LogP contribution in [-0.2, 0) is 6.54 Å². The quantitative estimate of drug-likeness (QED) is 0.654. The van der Waals surface area contributed by atoms with Gasteiger partial charge >= 0.3 is 0 Å². The van der Waals surface area contributed by atoms with Crippen LogP contribution in [0.15, 0.2) is 18.7 Å². The Hall–Kier alpha value is -0.390. The molecule has 4 N–H and O–H groups in total. The number of imidazole rings is 1. The van der Waals surface area contributed by atoms with Gasteiger partial charge in [0.1, 0.15) is 0 Å². The predicted octanol–water partition coefficient (Wildman–Crippen LogP) is -0.296. The molecule has 1 rings (SSSR count). The molecule has 4 nitrogen and oxygen atoms in total. The highest BCUT2D eigenvalue weighted by Gasteiger charge is 1.92. The molecule has 0 fully saturated rings. The average molecular weight is 207 g/mol. The third-order valence-electron chi connectivity index (χ3n) is 0.981. The number of hydrogen-bond acceptors (Lipinski definition) is 3. The van der Waals surface area contributed by atoms with Crippen molar-refractivity contribution >= 4 is 17.0 Å². The number of nitrogens with zero attached hydrogens (tertiary/aromatic N) is 2. The van der Waals surface area contributed by atoms with Gasteiger partial charge in [-0.1, -0.05) is 0 Å². The predicted molar refractivity (Wildman–Crippen MR) is 44.7 cm³/mol. The van der Waals surface area contributed by atoms with Crippen molar-refractivity contribution < 1.29 is 0 Å². The van der Waals surface area contributed by atoms with Crippen LogP contribution in [-0.4, -0.2) is 15.7 Å². The Kier molecular flexibility index (Phi) is 4.26. The molecule has 0 saturated heterocycles. The van der Waals surface area contributed by atoms with E-state index in [9.17, 15) is 0 Å². The molecule has 0 aromatic carbocycles. The first-order valence-corrected chi connectivity index (χ1v) is 2.76. The van der Waals surface area contributed by atoms with Gasteiger partial charge in [-0.15, -0.1) is 17.0 Å². The van der Waals surface area contributed by atoms with Gasteiger partial charge in [0.25, 0.3) is 0 Å². The zero-order chi connectivity index (χ0) is 6.69. The monoisotopic (exact) mass is 206 g/mol. The van der Waals surface area contributed by atoms with Gasteiger partial charge in [-0.3, -0.25) is 0 Å². The van der Waals surface area contributed by atoms with E-state index in [1.54, 1.807) is 12.5 Å². The summed E-state index contributed by atoms with van der Waals surface area (Å²) in [7, 11) is 0. The largest absolute Gasteiger partial charge is 0.335 e. The Morgan fingerprint density at radius 1 is 1.50 bits per heavy atom. The Labute approximate surface area is 70.0 Å². The smallest absolute Gasteiger partial charge is 0.0946 e. The maximum atomic E-state index is 5.31. The van der Waals surface area contributed by atoms with Gasteiger partial charge in [-0.2, -0.15) is 0 Å². The molecule has 1 aromatic rings. The summed E-state index contributed by atoms with van der Waals surface area (Å²) in [4.78, 5) is 3.83. The van der Waals surface area contributed by atoms with Crippen LogP contribution in [0.3, 0.4) is 0 Å². The summed E-state index contributed by atoms with van der Waals surface area (Å²) in [6.45, 7) is 0.625. The summed E-state index contributed by atoms with van der Waals surface area (Å²) in [5.41, 5.74) is 10.6. The molecular formula is C5H11BrN4. The molecule has 5 heteroatoms. The molecule has 0 aliphatic rings. The Morgan fingerprint density at radius 3 is 2.60 bits per heavy atom. The van der Waals surface area contributed by atoms with E-state index in [1.807, 2.05) is 10.8 Å². The molecule has 0 aliphatic heterocycles. The first kappa shape index (κ1) is 9.61. The number of halogens is 1. The minimum Gasteiger partial charge on any atom is -0.335 e. The molecule has 0 spiro atoms. The Bertz CT molecular complexity index is 160. The van der Waals surface area contributed by atoms with Crippen LogP contribution in [0.4, 0.5) is 0 Å². The fourth-order valence-electron chi connectivity index (χ4n) is 0.638. The van der Waals surface area contributed by atoms with Crippen LogP contribution in [0.1, 0.15) is 0 Å². The molecule has 58 valence electrons. The standard InChI is InChI=1S/C5H10N4.BrH/c6-5(7)3-9-2-1-8-4-9;/h1-2,4-5H,3,6-7H2;1H. The van der Waals surface area contributed by atoms with E-state index in [2.05, 4.69) is 4.98 Å². The molecule has 0 atom stereocenters. The first-order valence-electron chi connectivity index (χ1n) is 2.76. The van der Waals surface area contributed by atoms with Gasteiger partial charge in [0, 0.05) is 12.4 Å². The van der Waals surface area contributed by atoms with Crippen molar-refractivity contribution in [1.82, 2.24) is 9.55 Å². The van der Waals surface area contributed by atoms with Gasteiger partial charge < -0.3 is 16.0 Å².